The van der Waals surface area contributed by atoms with Crippen molar-refractivity contribution in [2.24, 2.45) is 0 Å². The summed E-state index contributed by atoms with van der Waals surface area (Å²) in [4.78, 5) is 18.3. The highest BCUT2D eigenvalue weighted by atomic mass is 19.1. The fourth-order valence-electron chi connectivity index (χ4n) is 4.17. The molecule has 32 heavy (non-hydrogen) atoms. The van der Waals surface area contributed by atoms with Crippen molar-refractivity contribution in [2.45, 2.75) is 50.6 Å². The number of likely N-dealkylation sites (tertiary alicyclic amines) is 1. The summed E-state index contributed by atoms with van der Waals surface area (Å²) in [5, 5.41) is 16.0. The molecule has 4 rings (SSSR count). The van der Waals surface area contributed by atoms with Gasteiger partial charge in [0.2, 0.25) is 17.8 Å². The van der Waals surface area contributed by atoms with Gasteiger partial charge in [0.25, 0.3) is 0 Å². The van der Waals surface area contributed by atoms with E-state index in [1.165, 1.54) is 18.6 Å². The molecule has 1 aliphatic heterocycles. The zero-order valence-electron chi connectivity index (χ0n) is 18.8. The molecule has 1 saturated heterocycles. The molecule has 0 radical (unpaired) electrons. The molecule has 2 aliphatic rings. The number of phenolic OH excluding ortho intramolecular Hbond substituents is 1. The summed E-state index contributed by atoms with van der Waals surface area (Å²) in [7, 11) is 4.16. The Bertz CT molecular complexity index is 946. The van der Waals surface area contributed by atoms with Crippen LogP contribution in [0.4, 0.5) is 27.9 Å². The minimum Gasteiger partial charge on any atom is -0.505 e. The van der Waals surface area contributed by atoms with E-state index in [2.05, 4.69) is 49.6 Å². The first-order valence-electron chi connectivity index (χ1n) is 11.3. The zero-order valence-corrected chi connectivity index (χ0v) is 18.8. The van der Waals surface area contributed by atoms with Gasteiger partial charge >= 0.3 is 0 Å². The van der Waals surface area contributed by atoms with Gasteiger partial charge in [0.15, 0.2) is 11.6 Å². The lowest BCUT2D eigenvalue weighted by atomic mass is 10.0. The maximum absolute atomic E-state index is 13.8. The van der Waals surface area contributed by atoms with Crippen LogP contribution in [0.3, 0.4) is 0 Å². The number of hydrogen-bond acceptors (Lipinski definition) is 8. The van der Waals surface area contributed by atoms with Crippen LogP contribution in [0.2, 0.25) is 0 Å². The van der Waals surface area contributed by atoms with E-state index in [0.717, 1.165) is 45.2 Å². The van der Waals surface area contributed by atoms with Gasteiger partial charge in [-0.25, -0.2) is 4.39 Å². The summed E-state index contributed by atoms with van der Waals surface area (Å²) < 4.78 is 13.8. The van der Waals surface area contributed by atoms with E-state index < -0.39 is 11.6 Å². The number of piperidine rings is 1. The molecule has 0 spiro atoms. The second-order valence-corrected chi connectivity index (χ2v) is 8.68. The maximum atomic E-state index is 13.8. The SMILES string of the molecule is CN1CCC(N(C)c2nc(Nc3ccc(O)c(F)c3)nc(NC3C=CCCCC3)n2)CC1. The Labute approximate surface area is 188 Å². The Morgan fingerprint density at radius 3 is 2.66 bits per heavy atom. The molecule has 3 N–H and O–H groups in total. The van der Waals surface area contributed by atoms with Crippen LogP contribution in [0.5, 0.6) is 5.75 Å². The molecule has 1 aromatic heterocycles. The third kappa shape index (κ3) is 5.64. The molecule has 1 aliphatic carbocycles. The zero-order chi connectivity index (χ0) is 22.5. The first kappa shape index (κ1) is 22.3. The van der Waals surface area contributed by atoms with Crippen molar-refractivity contribution in [1.29, 1.82) is 0 Å². The number of allylic oxidation sites excluding steroid dienone is 1. The summed E-state index contributed by atoms with van der Waals surface area (Å²) in [5.41, 5.74) is 0.458. The van der Waals surface area contributed by atoms with Crippen LogP contribution in [0, 0.1) is 5.82 Å². The summed E-state index contributed by atoms with van der Waals surface area (Å²) >= 11 is 0. The van der Waals surface area contributed by atoms with Crippen molar-refractivity contribution < 1.29 is 9.50 Å². The molecule has 1 fully saturated rings. The van der Waals surface area contributed by atoms with Gasteiger partial charge in [0.1, 0.15) is 0 Å². The van der Waals surface area contributed by atoms with Crippen LogP contribution >= 0.6 is 0 Å². The highest BCUT2D eigenvalue weighted by molar-refractivity contribution is 5.57. The van der Waals surface area contributed by atoms with E-state index in [0.29, 0.717) is 29.6 Å². The van der Waals surface area contributed by atoms with E-state index in [-0.39, 0.29) is 6.04 Å². The van der Waals surface area contributed by atoms with Gasteiger partial charge in [-0.05, 0) is 64.4 Å². The van der Waals surface area contributed by atoms with Crippen LogP contribution in [0.1, 0.15) is 38.5 Å². The fraction of sp³-hybridized carbons (Fsp3) is 0.522. The third-order valence-corrected chi connectivity index (χ3v) is 6.20. The lowest BCUT2D eigenvalue weighted by molar-refractivity contribution is 0.252. The summed E-state index contributed by atoms with van der Waals surface area (Å²) in [5.74, 6) is 0.315. The Morgan fingerprint density at radius 1 is 1.09 bits per heavy atom. The predicted octanol–water partition coefficient (Wildman–Crippen LogP) is 3.90. The van der Waals surface area contributed by atoms with Crippen LogP contribution < -0.4 is 15.5 Å². The van der Waals surface area contributed by atoms with Crippen LogP contribution in [0.15, 0.2) is 30.4 Å². The molecule has 8 nitrogen and oxygen atoms in total. The van der Waals surface area contributed by atoms with Crippen molar-refractivity contribution in [2.75, 3.05) is 42.7 Å². The number of nitrogens with one attached hydrogen (secondary N) is 2. The number of benzene rings is 1. The van der Waals surface area contributed by atoms with Crippen molar-refractivity contribution in [1.82, 2.24) is 19.9 Å². The van der Waals surface area contributed by atoms with Crippen molar-refractivity contribution in [3.05, 3.63) is 36.2 Å². The van der Waals surface area contributed by atoms with Crippen LogP contribution in [-0.2, 0) is 0 Å². The molecule has 0 saturated carbocycles. The minimum atomic E-state index is -0.699. The summed E-state index contributed by atoms with van der Waals surface area (Å²) in [6, 6.07) is 4.63. The Hall–Kier alpha value is -2.94. The molecule has 1 aromatic carbocycles. The molecule has 9 heteroatoms. The van der Waals surface area contributed by atoms with Crippen molar-refractivity contribution in [3.63, 3.8) is 0 Å². The molecular weight excluding hydrogens is 409 g/mol. The highest BCUT2D eigenvalue weighted by Gasteiger charge is 2.24. The Kier molecular flexibility index (Phi) is 7.04. The maximum Gasteiger partial charge on any atom is 0.233 e. The second-order valence-electron chi connectivity index (χ2n) is 8.68. The van der Waals surface area contributed by atoms with E-state index >= 15 is 0 Å². The first-order valence-corrected chi connectivity index (χ1v) is 11.3. The number of hydrogen-bond donors (Lipinski definition) is 3. The normalized spacial score (nSPS) is 20.0. The van der Waals surface area contributed by atoms with Gasteiger partial charge < -0.3 is 25.5 Å². The lowest BCUT2D eigenvalue weighted by Crippen LogP contribution is -2.42. The molecule has 1 atom stereocenters. The fourth-order valence-corrected chi connectivity index (χ4v) is 4.17. The van der Waals surface area contributed by atoms with Gasteiger partial charge in [-0.1, -0.05) is 18.6 Å². The standard InChI is InChI=1S/C23H32FN7O/c1-30-13-11-18(12-14-30)31(2)23-28-21(25-16-7-5-3-4-6-8-16)27-22(29-23)26-17-9-10-20(32)19(24)15-17/h5,7,9-10,15-16,18,32H,3-4,6,8,11-14H2,1-2H3,(H2,25,26,27,28,29). The monoisotopic (exact) mass is 441 g/mol. The number of phenols is 1. The van der Waals surface area contributed by atoms with Crippen molar-refractivity contribution in [3.8, 4) is 5.75 Å². The number of rotatable bonds is 6. The van der Waals surface area contributed by atoms with Gasteiger partial charge in [-0.3, -0.25) is 0 Å². The van der Waals surface area contributed by atoms with Gasteiger partial charge in [-0.2, -0.15) is 15.0 Å². The van der Waals surface area contributed by atoms with Crippen molar-refractivity contribution >= 4 is 23.5 Å². The first-order chi connectivity index (χ1) is 15.5. The molecule has 1 unspecified atom stereocenters. The quantitative estimate of drug-likeness (QED) is 0.459. The molecule has 0 bridgehead atoms. The largest absolute Gasteiger partial charge is 0.505 e. The Balaban J connectivity index is 1.60. The Morgan fingerprint density at radius 2 is 1.88 bits per heavy atom. The van der Waals surface area contributed by atoms with Crippen LogP contribution in [-0.4, -0.2) is 64.2 Å². The smallest absolute Gasteiger partial charge is 0.233 e. The molecular formula is C23H32FN7O. The predicted molar refractivity (Wildman–Crippen MR) is 125 cm³/mol. The number of anilines is 4. The number of halogens is 1. The summed E-state index contributed by atoms with van der Waals surface area (Å²) in [6.45, 7) is 2.08. The molecule has 2 heterocycles. The lowest BCUT2D eigenvalue weighted by Gasteiger charge is -2.35. The van der Waals surface area contributed by atoms with Gasteiger partial charge in [0, 0.05) is 30.9 Å². The van der Waals surface area contributed by atoms with Gasteiger partial charge in [-0.15, -0.1) is 0 Å². The van der Waals surface area contributed by atoms with E-state index in [1.54, 1.807) is 6.07 Å². The number of aromatic nitrogens is 3. The van der Waals surface area contributed by atoms with E-state index in [1.807, 2.05) is 7.05 Å². The van der Waals surface area contributed by atoms with E-state index in [9.17, 15) is 9.50 Å². The highest BCUT2D eigenvalue weighted by Crippen LogP contribution is 2.25. The van der Waals surface area contributed by atoms with E-state index in [4.69, 9.17) is 4.98 Å². The topological polar surface area (TPSA) is 89.4 Å². The molecule has 0 amide bonds. The number of aromatic hydroxyl groups is 1. The average molecular weight is 442 g/mol. The third-order valence-electron chi connectivity index (χ3n) is 6.20. The second kappa shape index (κ2) is 10.1. The molecule has 2 aromatic rings. The average Bonchev–Trinajstić information content (AvgIpc) is 3.05. The number of nitrogens with zero attached hydrogens (tertiary/aromatic N) is 5. The minimum absolute atomic E-state index is 0.167. The van der Waals surface area contributed by atoms with Gasteiger partial charge in [0.05, 0.1) is 0 Å². The van der Waals surface area contributed by atoms with Crippen LogP contribution in [0.25, 0.3) is 0 Å². The summed E-state index contributed by atoms with van der Waals surface area (Å²) in [6.07, 6.45) is 10.9. The molecule has 172 valence electrons.